The van der Waals surface area contributed by atoms with Crippen molar-refractivity contribution in [2.45, 2.75) is 38.6 Å². The lowest BCUT2D eigenvalue weighted by atomic mass is 9.93. The van der Waals surface area contributed by atoms with Crippen molar-refractivity contribution < 1.29 is 9.59 Å². The van der Waals surface area contributed by atoms with Gasteiger partial charge in [-0.3, -0.25) is 9.48 Å². The van der Waals surface area contributed by atoms with Crippen molar-refractivity contribution in [2.24, 2.45) is 13.0 Å². The Kier molecular flexibility index (Phi) is 5.37. The number of nitrogens with zero attached hydrogens (tertiary/aromatic N) is 4. The fourth-order valence-electron chi connectivity index (χ4n) is 3.54. The van der Waals surface area contributed by atoms with Crippen LogP contribution in [0.3, 0.4) is 0 Å². The summed E-state index contributed by atoms with van der Waals surface area (Å²) in [4.78, 5) is 28.3. The first-order valence-corrected chi connectivity index (χ1v) is 8.90. The molecular weight excluding hydrogens is 306 g/mol. The molecule has 0 saturated carbocycles. The number of urea groups is 1. The zero-order chi connectivity index (χ0) is 16.9. The van der Waals surface area contributed by atoms with Crippen molar-refractivity contribution in [3.63, 3.8) is 0 Å². The summed E-state index contributed by atoms with van der Waals surface area (Å²) in [5, 5.41) is 7.03. The maximum Gasteiger partial charge on any atom is 0.317 e. The maximum atomic E-state index is 12.2. The molecule has 0 atom stereocenters. The monoisotopic (exact) mass is 333 g/mol. The number of nitrogens with one attached hydrogen (secondary N) is 1. The topological polar surface area (TPSA) is 70.5 Å². The van der Waals surface area contributed by atoms with Crippen LogP contribution in [0.5, 0.6) is 0 Å². The summed E-state index contributed by atoms with van der Waals surface area (Å²) >= 11 is 0. The first-order chi connectivity index (χ1) is 11.6. The van der Waals surface area contributed by atoms with Gasteiger partial charge in [0.15, 0.2) is 0 Å². The molecule has 7 nitrogen and oxygen atoms in total. The molecule has 0 bridgehead atoms. The Morgan fingerprint density at radius 1 is 1.17 bits per heavy atom. The van der Waals surface area contributed by atoms with Crippen LogP contribution in [-0.4, -0.2) is 57.7 Å². The van der Waals surface area contributed by atoms with Crippen LogP contribution in [-0.2, 0) is 18.4 Å². The van der Waals surface area contributed by atoms with Crippen LogP contribution in [0.4, 0.5) is 4.79 Å². The van der Waals surface area contributed by atoms with E-state index in [1.54, 1.807) is 10.9 Å². The molecule has 7 heteroatoms. The molecule has 24 heavy (non-hydrogen) atoms. The van der Waals surface area contributed by atoms with Gasteiger partial charge < -0.3 is 15.1 Å². The van der Waals surface area contributed by atoms with Gasteiger partial charge in [0, 0.05) is 58.0 Å². The summed E-state index contributed by atoms with van der Waals surface area (Å²) in [5.74, 6) is 0.715. The minimum Gasteiger partial charge on any atom is -0.343 e. The van der Waals surface area contributed by atoms with Crippen molar-refractivity contribution >= 4 is 11.9 Å². The summed E-state index contributed by atoms with van der Waals surface area (Å²) in [6, 6.07) is -0.0248. The SMILES string of the molecule is Cn1cc(CNC(=O)N2CCC(CC(=O)N3CCCC3)CC2)cn1. The Morgan fingerprint density at radius 3 is 2.50 bits per heavy atom. The molecule has 2 saturated heterocycles. The van der Waals surface area contributed by atoms with Crippen molar-refractivity contribution in [2.75, 3.05) is 26.2 Å². The smallest absolute Gasteiger partial charge is 0.317 e. The Hall–Kier alpha value is -2.05. The first-order valence-electron chi connectivity index (χ1n) is 8.90. The number of piperidine rings is 1. The quantitative estimate of drug-likeness (QED) is 0.904. The van der Waals surface area contributed by atoms with Crippen LogP contribution in [0.1, 0.15) is 37.7 Å². The van der Waals surface area contributed by atoms with Crippen molar-refractivity contribution in [3.8, 4) is 0 Å². The molecule has 0 aliphatic carbocycles. The highest BCUT2D eigenvalue weighted by molar-refractivity contribution is 5.77. The zero-order valence-corrected chi connectivity index (χ0v) is 14.4. The lowest BCUT2D eigenvalue weighted by Gasteiger charge is -2.32. The van der Waals surface area contributed by atoms with Gasteiger partial charge in [0.25, 0.3) is 0 Å². The third-order valence-corrected chi connectivity index (χ3v) is 5.03. The number of likely N-dealkylation sites (tertiary alicyclic amines) is 2. The van der Waals surface area contributed by atoms with E-state index in [-0.39, 0.29) is 6.03 Å². The standard InChI is InChI=1S/C17H27N5O2/c1-20-13-15(12-19-20)11-18-17(24)22-8-4-14(5-9-22)10-16(23)21-6-2-3-7-21/h12-14H,2-11H2,1H3,(H,18,24). The summed E-state index contributed by atoms with van der Waals surface area (Å²) in [7, 11) is 1.86. The zero-order valence-electron chi connectivity index (χ0n) is 14.4. The fourth-order valence-corrected chi connectivity index (χ4v) is 3.54. The number of hydrogen-bond acceptors (Lipinski definition) is 3. The summed E-state index contributed by atoms with van der Waals surface area (Å²) in [5.41, 5.74) is 0.997. The van der Waals surface area contributed by atoms with E-state index < -0.39 is 0 Å². The van der Waals surface area contributed by atoms with E-state index in [1.165, 1.54) is 0 Å². The van der Waals surface area contributed by atoms with Crippen LogP contribution < -0.4 is 5.32 Å². The predicted octanol–water partition coefficient (Wildman–Crippen LogP) is 1.35. The minimum atomic E-state index is -0.0248. The second-order valence-corrected chi connectivity index (χ2v) is 6.90. The molecule has 0 radical (unpaired) electrons. The average Bonchev–Trinajstić information content (AvgIpc) is 3.25. The lowest BCUT2D eigenvalue weighted by Crippen LogP contribution is -2.44. The summed E-state index contributed by atoms with van der Waals surface area (Å²) in [6.45, 7) is 3.82. The molecule has 2 aliphatic heterocycles. The third kappa shape index (κ3) is 4.27. The molecule has 2 aliphatic rings. The number of carbonyl (C=O) groups is 2. The molecule has 3 rings (SSSR count). The van der Waals surface area contributed by atoms with E-state index in [2.05, 4.69) is 10.4 Å². The highest BCUT2D eigenvalue weighted by Crippen LogP contribution is 2.22. The molecule has 0 unspecified atom stereocenters. The van der Waals surface area contributed by atoms with E-state index in [4.69, 9.17) is 0 Å². The van der Waals surface area contributed by atoms with Gasteiger partial charge in [-0.2, -0.15) is 5.10 Å². The molecule has 1 N–H and O–H groups in total. The number of rotatable bonds is 4. The van der Waals surface area contributed by atoms with Gasteiger partial charge in [0.2, 0.25) is 5.91 Å². The van der Waals surface area contributed by atoms with Crippen molar-refractivity contribution in [1.29, 1.82) is 0 Å². The lowest BCUT2D eigenvalue weighted by molar-refractivity contribution is -0.131. The Labute approximate surface area is 143 Å². The highest BCUT2D eigenvalue weighted by Gasteiger charge is 2.26. The van der Waals surface area contributed by atoms with Gasteiger partial charge in [-0.15, -0.1) is 0 Å². The van der Waals surface area contributed by atoms with Crippen LogP contribution in [0.25, 0.3) is 0 Å². The van der Waals surface area contributed by atoms with E-state index in [9.17, 15) is 9.59 Å². The summed E-state index contributed by atoms with van der Waals surface area (Å²) < 4.78 is 1.73. The van der Waals surface area contributed by atoms with Gasteiger partial charge in [-0.05, 0) is 31.6 Å². The van der Waals surface area contributed by atoms with Gasteiger partial charge >= 0.3 is 6.03 Å². The molecule has 1 aromatic heterocycles. The molecule has 0 aromatic carbocycles. The van der Waals surface area contributed by atoms with Gasteiger partial charge in [0.1, 0.15) is 0 Å². The van der Waals surface area contributed by atoms with Crippen LogP contribution in [0, 0.1) is 5.92 Å². The highest BCUT2D eigenvalue weighted by atomic mass is 16.2. The van der Waals surface area contributed by atoms with Gasteiger partial charge in [-0.25, -0.2) is 4.79 Å². The number of hydrogen-bond donors (Lipinski definition) is 1. The minimum absolute atomic E-state index is 0.0248. The maximum absolute atomic E-state index is 12.2. The van der Waals surface area contributed by atoms with E-state index >= 15 is 0 Å². The van der Waals surface area contributed by atoms with E-state index in [0.717, 1.165) is 57.4 Å². The number of amides is 3. The second-order valence-electron chi connectivity index (χ2n) is 6.90. The van der Waals surface area contributed by atoms with Crippen LogP contribution in [0.2, 0.25) is 0 Å². The average molecular weight is 333 g/mol. The van der Waals surface area contributed by atoms with Gasteiger partial charge in [-0.1, -0.05) is 0 Å². The van der Waals surface area contributed by atoms with Crippen LogP contribution in [0.15, 0.2) is 12.4 Å². The predicted molar refractivity (Wildman–Crippen MR) is 90.2 cm³/mol. The number of aromatic nitrogens is 2. The molecule has 132 valence electrons. The molecule has 2 fully saturated rings. The van der Waals surface area contributed by atoms with Crippen molar-refractivity contribution in [3.05, 3.63) is 18.0 Å². The Balaban J connectivity index is 1.38. The van der Waals surface area contributed by atoms with E-state index in [1.807, 2.05) is 23.0 Å². The number of aryl methyl sites for hydroxylation is 1. The van der Waals surface area contributed by atoms with Crippen LogP contribution >= 0.6 is 0 Å². The fraction of sp³-hybridized carbons (Fsp3) is 0.706. The molecule has 3 amide bonds. The van der Waals surface area contributed by atoms with Gasteiger partial charge in [0.05, 0.1) is 6.20 Å². The molecule has 0 spiro atoms. The number of carbonyl (C=O) groups excluding carboxylic acids is 2. The molecule has 1 aromatic rings. The largest absolute Gasteiger partial charge is 0.343 e. The molecule has 3 heterocycles. The summed E-state index contributed by atoms with van der Waals surface area (Å²) in [6.07, 6.45) is 8.42. The second kappa shape index (κ2) is 7.68. The Morgan fingerprint density at radius 2 is 1.88 bits per heavy atom. The Bertz CT molecular complexity index is 571. The first kappa shape index (κ1) is 16.8. The van der Waals surface area contributed by atoms with Crippen molar-refractivity contribution in [1.82, 2.24) is 24.9 Å². The normalized spacial score (nSPS) is 18.9. The van der Waals surface area contributed by atoms with E-state index in [0.29, 0.717) is 24.8 Å². The third-order valence-electron chi connectivity index (χ3n) is 5.03. The molecular formula is C17H27N5O2.